The van der Waals surface area contributed by atoms with Crippen molar-refractivity contribution in [1.29, 1.82) is 0 Å². The highest BCUT2D eigenvalue weighted by molar-refractivity contribution is 6.20. The molecule has 6 heteroatoms. The van der Waals surface area contributed by atoms with Gasteiger partial charge in [-0.05, 0) is 36.4 Å². The maximum atomic E-state index is 13.5. The van der Waals surface area contributed by atoms with Gasteiger partial charge in [-0.25, -0.2) is 4.39 Å². The second-order valence-electron chi connectivity index (χ2n) is 5.10. The van der Waals surface area contributed by atoms with Crippen LogP contribution in [-0.4, -0.2) is 17.7 Å². The molecule has 3 amide bonds. The number of halogens is 1. The Kier molecular flexibility index (Phi) is 3.89. The number of amides is 3. The third-order valence-corrected chi connectivity index (χ3v) is 3.56. The van der Waals surface area contributed by atoms with Gasteiger partial charge in [-0.15, -0.1) is 0 Å². The molecule has 3 rings (SSSR count). The number of para-hydroxylation sites is 1. The minimum absolute atomic E-state index is 0.0893. The average Bonchev–Trinajstić information content (AvgIpc) is 2.88. The molecule has 116 valence electrons. The van der Waals surface area contributed by atoms with Gasteiger partial charge >= 0.3 is 0 Å². The first kappa shape index (κ1) is 14.9. The van der Waals surface area contributed by atoms with E-state index in [0.29, 0.717) is 11.3 Å². The Bertz CT molecular complexity index is 771. The number of anilines is 2. The molecule has 1 heterocycles. The van der Waals surface area contributed by atoms with Crippen LogP contribution in [-0.2, 0) is 9.59 Å². The van der Waals surface area contributed by atoms with Crippen LogP contribution in [0.3, 0.4) is 0 Å². The molecule has 0 radical (unpaired) electrons. The lowest BCUT2D eigenvalue weighted by Gasteiger charge is -2.14. The lowest BCUT2D eigenvalue weighted by molar-refractivity contribution is -0.121. The summed E-state index contributed by atoms with van der Waals surface area (Å²) in [7, 11) is 0. The molecule has 1 saturated heterocycles. The van der Waals surface area contributed by atoms with E-state index in [9.17, 15) is 18.8 Å². The molecule has 0 atom stereocenters. The van der Waals surface area contributed by atoms with Gasteiger partial charge in [0.25, 0.3) is 5.91 Å². The van der Waals surface area contributed by atoms with Crippen LogP contribution in [0.15, 0.2) is 48.5 Å². The zero-order chi connectivity index (χ0) is 16.4. The number of rotatable bonds is 3. The Morgan fingerprint density at radius 2 is 1.57 bits per heavy atom. The molecular formula is C17H13FN2O3. The van der Waals surface area contributed by atoms with Crippen LogP contribution >= 0.6 is 0 Å². The van der Waals surface area contributed by atoms with E-state index in [2.05, 4.69) is 5.32 Å². The summed E-state index contributed by atoms with van der Waals surface area (Å²) >= 11 is 0. The summed E-state index contributed by atoms with van der Waals surface area (Å²) in [6.45, 7) is 0. The van der Waals surface area contributed by atoms with Crippen LogP contribution in [0.1, 0.15) is 23.2 Å². The third kappa shape index (κ3) is 2.96. The maximum absolute atomic E-state index is 13.5. The number of carbonyl (C=O) groups excluding carboxylic acids is 3. The quantitative estimate of drug-likeness (QED) is 0.886. The molecule has 0 aliphatic carbocycles. The van der Waals surface area contributed by atoms with Gasteiger partial charge in [-0.1, -0.05) is 12.1 Å². The molecule has 0 aromatic heterocycles. The normalized spacial score (nSPS) is 14.2. The fraction of sp³-hybridized carbons (Fsp3) is 0.118. The molecule has 0 saturated carbocycles. The Morgan fingerprint density at radius 3 is 2.17 bits per heavy atom. The summed E-state index contributed by atoms with van der Waals surface area (Å²) in [5.74, 6) is -1.50. The highest BCUT2D eigenvalue weighted by Gasteiger charge is 2.30. The summed E-state index contributed by atoms with van der Waals surface area (Å²) in [5.41, 5.74) is 0.822. The SMILES string of the molecule is O=C(Nc1ccccc1F)c1ccc(N2C(=O)CCC2=O)cc1. The molecule has 1 aliphatic rings. The van der Waals surface area contributed by atoms with E-state index >= 15 is 0 Å². The lowest BCUT2D eigenvalue weighted by Crippen LogP contribution is -2.28. The highest BCUT2D eigenvalue weighted by Crippen LogP contribution is 2.23. The summed E-state index contributed by atoms with van der Waals surface area (Å²) in [5, 5.41) is 2.47. The molecule has 0 spiro atoms. The minimum atomic E-state index is -0.522. The molecule has 1 N–H and O–H groups in total. The van der Waals surface area contributed by atoms with Gasteiger partial charge in [-0.3, -0.25) is 19.3 Å². The van der Waals surface area contributed by atoms with Crippen molar-refractivity contribution in [2.75, 3.05) is 10.2 Å². The van der Waals surface area contributed by atoms with Gasteiger partial charge < -0.3 is 5.32 Å². The standard InChI is InChI=1S/C17H13FN2O3/c18-13-3-1-2-4-14(13)19-17(23)11-5-7-12(8-6-11)20-15(21)9-10-16(20)22/h1-8H,9-10H2,(H,19,23). The monoisotopic (exact) mass is 312 g/mol. The molecule has 5 nitrogen and oxygen atoms in total. The summed E-state index contributed by atoms with van der Waals surface area (Å²) in [6, 6.07) is 11.9. The molecule has 2 aromatic rings. The number of hydrogen-bond acceptors (Lipinski definition) is 3. The lowest BCUT2D eigenvalue weighted by atomic mass is 10.1. The van der Waals surface area contributed by atoms with Crippen LogP contribution < -0.4 is 10.2 Å². The molecule has 0 bridgehead atoms. The maximum Gasteiger partial charge on any atom is 0.255 e. The average molecular weight is 312 g/mol. The Labute approximate surface area is 131 Å². The fourth-order valence-electron chi connectivity index (χ4n) is 2.38. The molecule has 0 unspecified atom stereocenters. The van der Waals surface area contributed by atoms with Gasteiger partial charge in [-0.2, -0.15) is 0 Å². The number of carbonyl (C=O) groups is 3. The van der Waals surface area contributed by atoms with E-state index < -0.39 is 11.7 Å². The fourth-order valence-corrected chi connectivity index (χ4v) is 2.38. The van der Waals surface area contributed by atoms with Gasteiger partial charge in [0.1, 0.15) is 5.82 Å². The zero-order valence-corrected chi connectivity index (χ0v) is 12.1. The number of imide groups is 1. The van der Waals surface area contributed by atoms with Crippen molar-refractivity contribution in [2.45, 2.75) is 12.8 Å². The summed E-state index contributed by atoms with van der Waals surface area (Å²) in [6.07, 6.45) is 0.405. The van der Waals surface area contributed by atoms with Crippen molar-refractivity contribution in [1.82, 2.24) is 0 Å². The first-order chi connectivity index (χ1) is 11.1. The van der Waals surface area contributed by atoms with E-state index in [-0.39, 0.29) is 30.3 Å². The Hall–Kier alpha value is -3.02. The highest BCUT2D eigenvalue weighted by atomic mass is 19.1. The Morgan fingerprint density at radius 1 is 0.957 bits per heavy atom. The predicted octanol–water partition coefficient (Wildman–Crippen LogP) is 2.73. The van der Waals surface area contributed by atoms with Crippen molar-refractivity contribution in [3.05, 3.63) is 59.9 Å². The van der Waals surface area contributed by atoms with E-state index in [1.165, 1.54) is 42.5 Å². The van der Waals surface area contributed by atoms with Gasteiger partial charge in [0.2, 0.25) is 11.8 Å². The first-order valence-corrected chi connectivity index (χ1v) is 7.08. The van der Waals surface area contributed by atoms with Crippen molar-refractivity contribution < 1.29 is 18.8 Å². The molecular weight excluding hydrogens is 299 g/mol. The van der Waals surface area contributed by atoms with Crippen molar-refractivity contribution >= 4 is 29.1 Å². The Balaban J connectivity index is 1.77. The van der Waals surface area contributed by atoms with E-state index in [1.807, 2.05) is 0 Å². The molecule has 1 fully saturated rings. The van der Waals surface area contributed by atoms with Gasteiger partial charge in [0, 0.05) is 18.4 Å². The van der Waals surface area contributed by atoms with Crippen LogP contribution in [0, 0.1) is 5.82 Å². The first-order valence-electron chi connectivity index (χ1n) is 7.08. The number of nitrogens with one attached hydrogen (secondary N) is 1. The van der Waals surface area contributed by atoms with Crippen LogP contribution in [0.4, 0.5) is 15.8 Å². The number of hydrogen-bond donors (Lipinski definition) is 1. The number of nitrogens with zero attached hydrogens (tertiary/aromatic N) is 1. The largest absolute Gasteiger partial charge is 0.319 e. The summed E-state index contributed by atoms with van der Waals surface area (Å²) < 4.78 is 13.5. The summed E-state index contributed by atoms with van der Waals surface area (Å²) in [4.78, 5) is 36.5. The van der Waals surface area contributed by atoms with Crippen molar-refractivity contribution in [3.8, 4) is 0 Å². The van der Waals surface area contributed by atoms with Gasteiger partial charge in [0.15, 0.2) is 0 Å². The topological polar surface area (TPSA) is 66.5 Å². The van der Waals surface area contributed by atoms with Crippen molar-refractivity contribution in [2.24, 2.45) is 0 Å². The smallest absolute Gasteiger partial charge is 0.255 e. The van der Waals surface area contributed by atoms with Crippen LogP contribution in [0.5, 0.6) is 0 Å². The van der Waals surface area contributed by atoms with E-state index in [1.54, 1.807) is 6.07 Å². The minimum Gasteiger partial charge on any atom is -0.319 e. The molecule has 23 heavy (non-hydrogen) atoms. The van der Waals surface area contributed by atoms with Crippen LogP contribution in [0.2, 0.25) is 0 Å². The van der Waals surface area contributed by atoms with Gasteiger partial charge in [0.05, 0.1) is 11.4 Å². The zero-order valence-electron chi connectivity index (χ0n) is 12.1. The van der Waals surface area contributed by atoms with Crippen molar-refractivity contribution in [3.63, 3.8) is 0 Å². The van der Waals surface area contributed by atoms with E-state index in [4.69, 9.17) is 0 Å². The van der Waals surface area contributed by atoms with Crippen LogP contribution in [0.25, 0.3) is 0 Å². The molecule has 1 aliphatic heterocycles. The second kappa shape index (κ2) is 6.00. The second-order valence-corrected chi connectivity index (χ2v) is 5.10. The third-order valence-electron chi connectivity index (χ3n) is 3.56. The number of benzene rings is 2. The molecule has 2 aromatic carbocycles. The predicted molar refractivity (Wildman–Crippen MR) is 82.5 cm³/mol. The van der Waals surface area contributed by atoms with E-state index in [0.717, 1.165) is 4.90 Å².